The van der Waals surface area contributed by atoms with Gasteiger partial charge in [-0.05, 0) is 44.2 Å². The van der Waals surface area contributed by atoms with Gasteiger partial charge in [0, 0.05) is 12.3 Å². The SMILES string of the molecule is CC1(C)Oc2cc(NS(C)(=O)=O)ccc2N(c2cccc(S(C)(=O)=O)c2)C1=O. The van der Waals surface area contributed by atoms with Gasteiger partial charge in [0.15, 0.2) is 15.4 Å². The second-order valence-electron chi connectivity index (χ2n) is 7.08. The maximum atomic E-state index is 13.0. The maximum Gasteiger partial charge on any atom is 0.275 e. The van der Waals surface area contributed by atoms with Crippen LogP contribution in [0.5, 0.6) is 5.75 Å². The van der Waals surface area contributed by atoms with Gasteiger partial charge in [0.1, 0.15) is 5.75 Å². The van der Waals surface area contributed by atoms with E-state index >= 15 is 0 Å². The lowest BCUT2D eigenvalue weighted by Crippen LogP contribution is -2.50. The molecule has 0 fully saturated rings. The van der Waals surface area contributed by atoms with E-state index in [1.165, 1.54) is 29.2 Å². The summed E-state index contributed by atoms with van der Waals surface area (Å²) in [7, 11) is -6.94. The fourth-order valence-electron chi connectivity index (χ4n) is 2.86. The second kappa shape index (κ2) is 6.49. The Bertz CT molecular complexity index is 1170. The standard InChI is InChI=1S/C18H20N2O6S2/c1-18(2)17(21)20(13-6-5-7-14(11-13)27(3,22)23)15-9-8-12(10-16(15)26-18)19-28(4,24)25/h5-11,19H,1-4H3. The molecule has 0 saturated heterocycles. The molecule has 0 aromatic heterocycles. The molecule has 0 atom stereocenters. The Morgan fingerprint density at radius 2 is 1.68 bits per heavy atom. The van der Waals surface area contributed by atoms with E-state index in [0.717, 1.165) is 12.5 Å². The van der Waals surface area contributed by atoms with Crippen LogP contribution in [0.25, 0.3) is 0 Å². The third-order valence-electron chi connectivity index (χ3n) is 4.09. The Balaban J connectivity index is 2.16. The average molecular weight is 425 g/mol. The van der Waals surface area contributed by atoms with Gasteiger partial charge < -0.3 is 4.74 Å². The van der Waals surface area contributed by atoms with Crippen molar-refractivity contribution in [2.24, 2.45) is 0 Å². The van der Waals surface area contributed by atoms with Crippen molar-refractivity contribution in [2.45, 2.75) is 24.3 Å². The van der Waals surface area contributed by atoms with E-state index < -0.39 is 25.5 Å². The Labute approximate surface area is 164 Å². The highest BCUT2D eigenvalue weighted by molar-refractivity contribution is 7.92. The van der Waals surface area contributed by atoms with E-state index in [1.807, 2.05) is 0 Å². The molecule has 0 radical (unpaired) electrons. The van der Waals surface area contributed by atoms with Crippen LogP contribution in [-0.2, 0) is 24.7 Å². The Morgan fingerprint density at radius 1 is 1.00 bits per heavy atom. The zero-order valence-electron chi connectivity index (χ0n) is 15.8. The third-order valence-corrected chi connectivity index (χ3v) is 5.81. The van der Waals surface area contributed by atoms with Gasteiger partial charge in [0.25, 0.3) is 5.91 Å². The first-order chi connectivity index (χ1) is 12.8. The zero-order valence-corrected chi connectivity index (χ0v) is 17.4. The number of nitrogens with zero attached hydrogens (tertiary/aromatic N) is 1. The number of sulfone groups is 1. The number of anilines is 3. The number of sulfonamides is 1. The van der Waals surface area contributed by atoms with Gasteiger partial charge in [0.05, 0.1) is 28.2 Å². The van der Waals surface area contributed by atoms with Gasteiger partial charge in [-0.1, -0.05) is 6.07 Å². The first-order valence-electron chi connectivity index (χ1n) is 8.23. The predicted molar refractivity (Wildman–Crippen MR) is 106 cm³/mol. The molecule has 0 saturated carbocycles. The van der Waals surface area contributed by atoms with E-state index in [4.69, 9.17) is 4.74 Å². The summed E-state index contributed by atoms with van der Waals surface area (Å²) in [4.78, 5) is 14.5. The first-order valence-corrected chi connectivity index (χ1v) is 12.0. The summed E-state index contributed by atoms with van der Waals surface area (Å²) in [5, 5.41) is 0. The minimum atomic E-state index is -3.48. The maximum absolute atomic E-state index is 13.0. The molecule has 28 heavy (non-hydrogen) atoms. The number of carbonyl (C=O) groups is 1. The second-order valence-corrected chi connectivity index (χ2v) is 10.8. The van der Waals surface area contributed by atoms with Crippen LogP contribution in [0.15, 0.2) is 47.4 Å². The highest BCUT2D eigenvalue weighted by Crippen LogP contribution is 2.43. The van der Waals surface area contributed by atoms with Crippen molar-refractivity contribution in [1.29, 1.82) is 0 Å². The van der Waals surface area contributed by atoms with Crippen LogP contribution in [0.1, 0.15) is 13.8 Å². The summed E-state index contributed by atoms with van der Waals surface area (Å²) in [6, 6.07) is 10.6. The van der Waals surface area contributed by atoms with Gasteiger partial charge >= 0.3 is 0 Å². The number of carbonyl (C=O) groups excluding carboxylic acids is 1. The third kappa shape index (κ3) is 3.97. The smallest absolute Gasteiger partial charge is 0.275 e. The quantitative estimate of drug-likeness (QED) is 0.806. The summed E-state index contributed by atoms with van der Waals surface area (Å²) >= 11 is 0. The number of fused-ring (bicyclic) bond motifs is 1. The number of amides is 1. The molecular formula is C18H20N2O6S2. The average Bonchev–Trinajstić information content (AvgIpc) is 2.54. The summed E-state index contributed by atoms with van der Waals surface area (Å²) in [6.45, 7) is 3.17. The van der Waals surface area contributed by atoms with Crippen molar-refractivity contribution < 1.29 is 26.4 Å². The number of hydrogen-bond donors (Lipinski definition) is 1. The fourth-order valence-corrected chi connectivity index (χ4v) is 4.08. The molecule has 1 aliphatic rings. The highest BCUT2D eigenvalue weighted by atomic mass is 32.2. The minimum absolute atomic E-state index is 0.0824. The van der Waals surface area contributed by atoms with Gasteiger partial charge in [-0.25, -0.2) is 16.8 Å². The van der Waals surface area contributed by atoms with E-state index in [2.05, 4.69) is 4.72 Å². The summed E-state index contributed by atoms with van der Waals surface area (Å²) < 4.78 is 55.0. The van der Waals surface area contributed by atoms with E-state index in [9.17, 15) is 21.6 Å². The minimum Gasteiger partial charge on any atom is -0.476 e. The van der Waals surface area contributed by atoms with Crippen molar-refractivity contribution in [1.82, 2.24) is 0 Å². The zero-order chi connectivity index (χ0) is 20.9. The lowest BCUT2D eigenvalue weighted by atomic mass is 10.0. The van der Waals surface area contributed by atoms with Crippen LogP contribution in [0.2, 0.25) is 0 Å². The molecule has 1 N–H and O–H groups in total. The lowest BCUT2D eigenvalue weighted by molar-refractivity contribution is -0.131. The molecule has 2 aromatic carbocycles. The van der Waals surface area contributed by atoms with E-state index in [0.29, 0.717) is 17.1 Å². The Hall–Kier alpha value is -2.59. The van der Waals surface area contributed by atoms with Crippen LogP contribution in [0.3, 0.4) is 0 Å². The summed E-state index contributed by atoms with van der Waals surface area (Å²) in [6.07, 6.45) is 2.12. The number of ether oxygens (including phenoxy) is 1. The van der Waals surface area contributed by atoms with E-state index in [-0.39, 0.29) is 16.5 Å². The first kappa shape index (κ1) is 20.2. The van der Waals surface area contributed by atoms with Gasteiger partial charge in [-0.3, -0.25) is 14.4 Å². The Kier molecular flexibility index (Phi) is 4.67. The molecule has 0 spiro atoms. The number of benzene rings is 2. The van der Waals surface area contributed by atoms with Crippen LogP contribution in [0, 0.1) is 0 Å². The molecule has 0 bridgehead atoms. The van der Waals surface area contributed by atoms with Crippen LogP contribution < -0.4 is 14.4 Å². The molecule has 0 aliphatic carbocycles. The van der Waals surface area contributed by atoms with Gasteiger partial charge in [-0.15, -0.1) is 0 Å². The fraction of sp³-hybridized carbons (Fsp3) is 0.278. The van der Waals surface area contributed by atoms with Gasteiger partial charge in [-0.2, -0.15) is 0 Å². The predicted octanol–water partition coefficient (Wildman–Crippen LogP) is 2.30. The monoisotopic (exact) mass is 424 g/mol. The molecular weight excluding hydrogens is 404 g/mol. The largest absolute Gasteiger partial charge is 0.476 e. The molecule has 1 amide bonds. The molecule has 1 aliphatic heterocycles. The summed E-state index contributed by atoms with van der Waals surface area (Å²) in [5.41, 5.74) is -0.197. The topological polar surface area (TPSA) is 110 Å². The molecule has 1 heterocycles. The van der Waals surface area contributed by atoms with Crippen molar-refractivity contribution >= 4 is 42.8 Å². The Morgan fingerprint density at radius 3 is 2.29 bits per heavy atom. The van der Waals surface area contributed by atoms with Crippen molar-refractivity contribution in [2.75, 3.05) is 22.1 Å². The van der Waals surface area contributed by atoms with E-state index in [1.54, 1.807) is 32.0 Å². The molecule has 0 unspecified atom stereocenters. The number of hydrogen-bond acceptors (Lipinski definition) is 6. The van der Waals surface area contributed by atoms with Crippen molar-refractivity contribution in [3.05, 3.63) is 42.5 Å². The molecule has 150 valence electrons. The molecule has 2 aromatic rings. The number of nitrogens with one attached hydrogen (secondary N) is 1. The van der Waals surface area contributed by atoms with Crippen LogP contribution >= 0.6 is 0 Å². The number of rotatable bonds is 4. The normalized spacial score (nSPS) is 16.3. The highest BCUT2D eigenvalue weighted by Gasteiger charge is 2.42. The molecule has 8 nitrogen and oxygen atoms in total. The van der Waals surface area contributed by atoms with Crippen molar-refractivity contribution in [3.63, 3.8) is 0 Å². The molecule has 3 rings (SSSR count). The van der Waals surface area contributed by atoms with Crippen LogP contribution in [-0.4, -0.2) is 40.9 Å². The van der Waals surface area contributed by atoms with Gasteiger partial charge in [0.2, 0.25) is 10.0 Å². The van der Waals surface area contributed by atoms with Crippen molar-refractivity contribution in [3.8, 4) is 5.75 Å². The summed E-state index contributed by atoms with van der Waals surface area (Å²) in [5.74, 6) is -0.0857. The lowest BCUT2D eigenvalue weighted by Gasteiger charge is -2.39. The van der Waals surface area contributed by atoms with Crippen LogP contribution in [0.4, 0.5) is 17.1 Å². The molecule has 10 heteroatoms.